The number of hydrogen-bond acceptors (Lipinski definition) is 5. The Morgan fingerprint density at radius 3 is 2.42 bits per heavy atom. The normalized spacial score (nSPS) is 12.9. The van der Waals surface area contributed by atoms with Gasteiger partial charge in [-0.1, -0.05) is 34.5 Å². The van der Waals surface area contributed by atoms with Gasteiger partial charge in [0.05, 0.1) is 27.2 Å². The van der Waals surface area contributed by atoms with Crippen molar-refractivity contribution in [3.05, 3.63) is 56.1 Å². The van der Waals surface area contributed by atoms with Crippen molar-refractivity contribution in [1.82, 2.24) is 4.57 Å². The monoisotopic (exact) mass is 501 g/mol. The summed E-state index contributed by atoms with van der Waals surface area (Å²) in [5.74, 6) is -0.559. The van der Waals surface area contributed by atoms with Crippen LogP contribution in [-0.4, -0.2) is 31.2 Å². The average Bonchev–Trinajstić information content (AvgIpc) is 2.98. The summed E-state index contributed by atoms with van der Waals surface area (Å²) in [6, 6.07) is 8.42. The van der Waals surface area contributed by atoms with Crippen LogP contribution < -0.4 is 14.5 Å². The standard InChI is InChI=1S/C20H21Cl2N3O4S2/c1-11(2)24-16-8-6-14(10-18(16)30-20(24)27)23-19(26)12(3)25(31(4,28)29)17-9-13(21)5-7-15(17)22/h5-12H,1-4H3,(H,23,26)/t12-/m0/s1. The fraction of sp³-hybridized carbons (Fsp3) is 0.300. The number of carbonyl (C=O) groups is 1. The largest absolute Gasteiger partial charge is 0.324 e. The molecule has 0 aliphatic rings. The summed E-state index contributed by atoms with van der Waals surface area (Å²) in [4.78, 5) is 25.1. The van der Waals surface area contributed by atoms with E-state index in [1.165, 1.54) is 25.1 Å². The number of fused-ring (bicyclic) bond motifs is 1. The Hall–Kier alpha value is -2.07. The number of carbonyl (C=O) groups excluding carboxylic acids is 1. The molecule has 7 nitrogen and oxygen atoms in total. The van der Waals surface area contributed by atoms with Gasteiger partial charge in [0, 0.05) is 16.8 Å². The lowest BCUT2D eigenvalue weighted by Crippen LogP contribution is -2.45. The van der Waals surface area contributed by atoms with E-state index in [2.05, 4.69) is 5.32 Å². The second kappa shape index (κ2) is 8.82. The zero-order valence-corrected chi connectivity index (χ0v) is 20.4. The first kappa shape index (κ1) is 23.6. The molecule has 11 heteroatoms. The molecule has 166 valence electrons. The van der Waals surface area contributed by atoms with Crippen molar-refractivity contribution in [1.29, 1.82) is 0 Å². The summed E-state index contributed by atoms with van der Waals surface area (Å²) in [6.45, 7) is 5.30. The lowest BCUT2D eigenvalue weighted by Gasteiger charge is -2.29. The molecule has 3 rings (SSSR count). The van der Waals surface area contributed by atoms with Crippen LogP contribution in [0.2, 0.25) is 10.0 Å². The minimum Gasteiger partial charge on any atom is -0.324 e. The second-order valence-corrected chi connectivity index (χ2v) is 11.0. The number of amides is 1. The molecule has 0 spiro atoms. The van der Waals surface area contributed by atoms with Gasteiger partial charge in [0.1, 0.15) is 6.04 Å². The van der Waals surface area contributed by atoms with Crippen molar-refractivity contribution in [3.63, 3.8) is 0 Å². The third-order valence-corrected chi connectivity index (χ3v) is 7.33. The Balaban J connectivity index is 1.94. The van der Waals surface area contributed by atoms with Crippen LogP contribution in [0.15, 0.2) is 41.2 Å². The fourth-order valence-electron chi connectivity index (χ4n) is 3.29. The summed E-state index contributed by atoms with van der Waals surface area (Å²) in [7, 11) is -3.85. The molecule has 1 N–H and O–H groups in total. The first-order chi connectivity index (χ1) is 14.4. The van der Waals surface area contributed by atoms with Crippen LogP contribution in [0.1, 0.15) is 26.8 Å². The van der Waals surface area contributed by atoms with Crippen LogP contribution in [0.4, 0.5) is 11.4 Å². The van der Waals surface area contributed by atoms with Crippen molar-refractivity contribution in [2.75, 3.05) is 15.9 Å². The molecular formula is C20H21Cl2N3O4S2. The highest BCUT2D eigenvalue weighted by atomic mass is 35.5. The van der Waals surface area contributed by atoms with Crippen molar-refractivity contribution in [3.8, 4) is 0 Å². The van der Waals surface area contributed by atoms with Gasteiger partial charge < -0.3 is 5.32 Å². The number of sulfonamides is 1. The third kappa shape index (κ3) is 4.90. The average molecular weight is 502 g/mol. The Kier molecular flexibility index (Phi) is 6.71. The predicted octanol–water partition coefficient (Wildman–Crippen LogP) is 4.74. The Morgan fingerprint density at radius 1 is 1.13 bits per heavy atom. The van der Waals surface area contributed by atoms with E-state index in [1.54, 1.807) is 22.8 Å². The van der Waals surface area contributed by atoms with E-state index in [0.717, 1.165) is 32.1 Å². The molecule has 0 unspecified atom stereocenters. The van der Waals surface area contributed by atoms with Gasteiger partial charge in [-0.3, -0.25) is 18.5 Å². The Morgan fingerprint density at radius 2 is 1.81 bits per heavy atom. The number of halogens is 2. The maximum Gasteiger partial charge on any atom is 0.308 e. The van der Waals surface area contributed by atoms with E-state index in [1.807, 2.05) is 13.8 Å². The SMILES string of the molecule is CC(C)n1c(=O)sc2cc(NC(=O)[C@H](C)N(c3cc(Cl)ccc3Cl)S(C)(=O)=O)ccc21. The van der Waals surface area contributed by atoms with E-state index >= 15 is 0 Å². The van der Waals surface area contributed by atoms with Gasteiger partial charge in [-0.15, -0.1) is 0 Å². The summed E-state index contributed by atoms with van der Waals surface area (Å²) >= 11 is 13.3. The smallest absolute Gasteiger partial charge is 0.308 e. The molecule has 2 aromatic carbocycles. The number of thiazole rings is 1. The molecule has 1 atom stereocenters. The zero-order chi connectivity index (χ0) is 23.1. The third-order valence-electron chi connectivity index (χ3n) is 4.63. The van der Waals surface area contributed by atoms with E-state index in [-0.39, 0.29) is 26.6 Å². The van der Waals surface area contributed by atoms with Crippen molar-refractivity contribution >= 4 is 72.1 Å². The van der Waals surface area contributed by atoms with Gasteiger partial charge in [-0.25, -0.2) is 8.42 Å². The molecule has 1 aromatic heterocycles. The first-order valence-electron chi connectivity index (χ1n) is 9.30. The minimum atomic E-state index is -3.85. The molecule has 0 aliphatic carbocycles. The summed E-state index contributed by atoms with van der Waals surface area (Å²) < 4.78 is 28.3. The summed E-state index contributed by atoms with van der Waals surface area (Å²) in [5.41, 5.74) is 1.34. The number of aromatic nitrogens is 1. The lowest BCUT2D eigenvalue weighted by molar-refractivity contribution is -0.116. The van der Waals surface area contributed by atoms with Crippen LogP contribution in [0, 0.1) is 0 Å². The molecule has 0 fully saturated rings. The minimum absolute atomic E-state index is 0.00692. The van der Waals surface area contributed by atoms with Crippen molar-refractivity contribution in [2.24, 2.45) is 0 Å². The maximum absolute atomic E-state index is 12.9. The van der Waals surface area contributed by atoms with E-state index < -0.39 is 22.0 Å². The molecule has 0 saturated heterocycles. The van der Waals surface area contributed by atoms with E-state index in [9.17, 15) is 18.0 Å². The van der Waals surface area contributed by atoms with Crippen molar-refractivity contribution in [2.45, 2.75) is 32.9 Å². The van der Waals surface area contributed by atoms with Gasteiger partial charge >= 0.3 is 4.87 Å². The Bertz CT molecular complexity index is 1320. The van der Waals surface area contributed by atoms with Crippen LogP contribution in [-0.2, 0) is 14.8 Å². The molecule has 1 amide bonds. The van der Waals surface area contributed by atoms with Gasteiger partial charge in [-0.05, 0) is 57.2 Å². The molecule has 31 heavy (non-hydrogen) atoms. The fourth-order valence-corrected chi connectivity index (χ4v) is 5.94. The molecular weight excluding hydrogens is 481 g/mol. The number of hydrogen-bond donors (Lipinski definition) is 1. The highest BCUT2D eigenvalue weighted by Crippen LogP contribution is 2.32. The summed E-state index contributed by atoms with van der Waals surface area (Å²) in [5, 5.41) is 3.16. The maximum atomic E-state index is 12.9. The zero-order valence-electron chi connectivity index (χ0n) is 17.2. The number of benzene rings is 2. The topological polar surface area (TPSA) is 88.5 Å². The van der Waals surface area contributed by atoms with Crippen LogP contribution in [0.25, 0.3) is 10.2 Å². The molecule has 0 bridgehead atoms. The lowest BCUT2D eigenvalue weighted by atomic mass is 10.2. The van der Waals surface area contributed by atoms with Crippen molar-refractivity contribution < 1.29 is 13.2 Å². The quantitative estimate of drug-likeness (QED) is 0.527. The van der Waals surface area contributed by atoms with E-state index in [0.29, 0.717) is 5.69 Å². The van der Waals surface area contributed by atoms with Gasteiger partial charge in [0.15, 0.2) is 0 Å². The molecule has 0 aliphatic heterocycles. The second-order valence-electron chi connectivity index (χ2n) is 7.33. The van der Waals surface area contributed by atoms with Gasteiger partial charge in [0.2, 0.25) is 15.9 Å². The van der Waals surface area contributed by atoms with Crippen LogP contribution >= 0.6 is 34.5 Å². The van der Waals surface area contributed by atoms with Gasteiger partial charge in [-0.2, -0.15) is 0 Å². The first-order valence-corrected chi connectivity index (χ1v) is 12.7. The number of rotatable bonds is 6. The highest BCUT2D eigenvalue weighted by molar-refractivity contribution is 7.92. The number of anilines is 2. The highest BCUT2D eigenvalue weighted by Gasteiger charge is 2.31. The van der Waals surface area contributed by atoms with Crippen LogP contribution in [0.3, 0.4) is 0 Å². The Labute approximate surface area is 194 Å². The molecule has 0 radical (unpaired) electrons. The number of nitrogens with zero attached hydrogens (tertiary/aromatic N) is 2. The van der Waals surface area contributed by atoms with Gasteiger partial charge in [0.25, 0.3) is 0 Å². The summed E-state index contributed by atoms with van der Waals surface area (Å²) in [6.07, 6.45) is 0.992. The molecule has 0 saturated carbocycles. The number of nitrogens with one attached hydrogen (secondary N) is 1. The molecule has 3 aromatic rings. The van der Waals surface area contributed by atoms with E-state index in [4.69, 9.17) is 23.2 Å². The molecule has 1 heterocycles. The predicted molar refractivity (Wildman–Crippen MR) is 128 cm³/mol. The van der Waals surface area contributed by atoms with Crippen LogP contribution in [0.5, 0.6) is 0 Å².